The lowest BCUT2D eigenvalue weighted by molar-refractivity contribution is -0.115. The zero-order valence-corrected chi connectivity index (χ0v) is 11.9. The average Bonchev–Trinajstić information content (AvgIpc) is 2.41. The lowest BCUT2D eigenvalue weighted by Crippen LogP contribution is -2.15. The molecule has 0 heterocycles. The van der Waals surface area contributed by atoms with Gasteiger partial charge in [-0.15, -0.1) is 0 Å². The predicted octanol–water partition coefficient (Wildman–Crippen LogP) is 2.84. The molecule has 0 aliphatic heterocycles. The number of carbonyl (C=O) groups is 1. The summed E-state index contributed by atoms with van der Waals surface area (Å²) in [6.45, 7) is 6.41. The summed E-state index contributed by atoms with van der Waals surface area (Å²) in [6, 6.07) is 5.49. The fourth-order valence-electron chi connectivity index (χ4n) is 1.52. The Labute approximate surface area is 114 Å². The number of amides is 1. The van der Waals surface area contributed by atoms with E-state index in [2.05, 4.69) is 10.6 Å². The number of hydrogen-bond donors (Lipinski definition) is 2. The van der Waals surface area contributed by atoms with Gasteiger partial charge in [0.05, 0.1) is 5.69 Å². The van der Waals surface area contributed by atoms with Gasteiger partial charge in [0.2, 0.25) is 5.91 Å². The second-order valence-electron chi connectivity index (χ2n) is 4.06. The summed E-state index contributed by atoms with van der Waals surface area (Å²) in [4.78, 5) is 11.4. The summed E-state index contributed by atoms with van der Waals surface area (Å²) in [7, 11) is 1.59. The van der Waals surface area contributed by atoms with Crippen LogP contribution in [-0.4, -0.2) is 25.9 Å². The molecule has 0 bridgehead atoms. The third-order valence-corrected chi connectivity index (χ3v) is 2.58. The molecule has 0 spiro atoms. The van der Waals surface area contributed by atoms with Gasteiger partial charge in [-0.25, -0.2) is 0 Å². The molecule has 106 valence electrons. The smallest absolute Gasteiger partial charge is 0.224 e. The molecule has 0 saturated heterocycles. The van der Waals surface area contributed by atoms with E-state index in [0.29, 0.717) is 12.2 Å². The van der Waals surface area contributed by atoms with E-state index < -0.39 is 0 Å². The Morgan fingerprint density at radius 1 is 1.37 bits per heavy atom. The highest BCUT2D eigenvalue weighted by Gasteiger charge is 2.09. The molecule has 0 fully saturated rings. The molecule has 5 nitrogen and oxygen atoms in total. The van der Waals surface area contributed by atoms with E-state index in [1.165, 1.54) is 0 Å². The molecule has 0 aromatic heterocycles. The maximum atomic E-state index is 11.4. The van der Waals surface area contributed by atoms with Crippen molar-refractivity contribution < 1.29 is 14.3 Å². The molecule has 1 aromatic rings. The van der Waals surface area contributed by atoms with Crippen LogP contribution in [0.3, 0.4) is 0 Å². The zero-order valence-electron chi connectivity index (χ0n) is 11.9. The molecule has 0 aliphatic carbocycles. The SMILES string of the molecule is CCNc1cc(NC(=O)CC)ccc1OC(C)OC. The van der Waals surface area contributed by atoms with E-state index in [1.54, 1.807) is 7.11 Å². The van der Waals surface area contributed by atoms with Crippen molar-refractivity contribution in [3.63, 3.8) is 0 Å². The lowest BCUT2D eigenvalue weighted by Gasteiger charge is -2.17. The summed E-state index contributed by atoms with van der Waals surface area (Å²) in [5, 5.41) is 6.02. The van der Waals surface area contributed by atoms with E-state index in [1.807, 2.05) is 39.0 Å². The van der Waals surface area contributed by atoms with Crippen molar-refractivity contribution >= 4 is 17.3 Å². The number of benzene rings is 1. The van der Waals surface area contributed by atoms with E-state index in [9.17, 15) is 4.79 Å². The fraction of sp³-hybridized carbons (Fsp3) is 0.500. The molecule has 1 amide bonds. The van der Waals surface area contributed by atoms with E-state index >= 15 is 0 Å². The first-order chi connectivity index (χ1) is 9.10. The van der Waals surface area contributed by atoms with Crippen molar-refractivity contribution in [2.75, 3.05) is 24.3 Å². The molecule has 5 heteroatoms. The largest absolute Gasteiger partial charge is 0.463 e. The molecule has 1 atom stereocenters. The lowest BCUT2D eigenvalue weighted by atomic mass is 10.2. The Kier molecular flexibility index (Phi) is 6.15. The van der Waals surface area contributed by atoms with Crippen LogP contribution in [-0.2, 0) is 9.53 Å². The summed E-state index contributed by atoms with van der Waals surface area (Å²) < 4.78 is 10.7. The maximum absolute atomic E-state index is 11.4. The normalized spacial score (nSPS) is 11.8. The Bertz CT molecular complexity index is 421. The van der Waals surface area contributed by atoms with Crippen LogP contribution in [0.2, 0.25) is 0 Å². The number of nitrogens with one attached hydrogen (secondary N) is 2. The number of anilines is 2. The van der Waals surface area contributed by atoms with Crippen LogP contribution in [0.15, 0.2) is 18.2 Å². The van der Waals surface area contributed by atoms with E-state index in [4.69, 9.17) is 9.47 Å². The second-order valence-corrected chi connectivity index (χ2v) is 4.06. The summed E-state index contributed by atoms with van der Waals surface area (Å²) in [5.41, 5.74) is 1.58. The molecule has 0 aliphatic rings. The van der Waals surface area contributed by atoms with Gasteiger partial charge in [-0.2, -0.15) is 0 Å². The second kappa shape index (κ2) is 7.63. The van der Waals surface area contributed by atoms with Crippen LogP contribution in [0.1, 0.15) is 27.2 Å². The summed E-state index contributed by atoms with van der Waals surface area (Å²) in [5.74, 6) is 0.687. The highest BCUT2D eigenvalue weighted by molar-refractivity contribution is 5.91. The van der Waals surface area contributed by atoms with Crippen molar-refractivity contribution in [3.05, 3.63) is 18.2 Å². The Hall–Kier alpha value is -1.75. The average molecular weight is 266 g/mol. The minimum absolute atomic E-state index is 0.0126. The van der Waals surface area contributed by atoms with Gasteiger partial charge in [0.25, 0.3) is 0 Å². The van der Waals surface area contributed by atoms with Crippen molar-refractivity contribution in [3.8, 4) is 5.75 Å². The fourth-order valence-corrected chi connectivity index (χ4v) is 1.52. The molecule has 1 aromatic carbocycles. The first-order valence-electron chi connectivity index (χ1n) is 6.47. The molecule has 0 saturated carbocycles. The van der Waals surface area contributed by atoms with Crippen LogP contribution in [0, 0.1) is 0 Å². The minimum Gasteiger partial charge on any atom is -0.463 e. The quantitative estimate of drug-likeness (QED) is 0.745. The van der Waals surface area contributed by atoms with Crippen LogP contribution in [0.5, 0.6) is 5.75 Å². The number of methoxy groups -OCH3 is 1. The van der Waals surface area contributed by atoms with Gasteiger partial charge in [0, 0.05) is 25.8 Å². The third kappa shape index (κ3) is 4.79. The van der Waals surface area contributed by atoms with Crippen LogP contribution in [0.4, 0.5) is 11.4 Å². The highest BCUT2D eigenvalue weighted by atomic mass is 16.7. The minimum atomic E-state index is -0.325. The molecule has 1 rings (SSSR count). The van der Waals surface area contributed by atoms with Gasteiger partial charge in [0.15, 0.2) is 6.29 Å². The van der Waals surface area contributed by atoms with Crippen LogP contribution in [0.25, 0.3) is 0 Å². The zero-order chi connectivity index (χ0) is 14.3. The number of ether oxygens (including phenoxy) is 2. The first-order valence-corrected chi connectivity index (χ1v) is 6.47. The standard InChI is InChI=1S/C14H22N2O3/c1-5-14(17)16-11-7-8-13(19-10(3)18-4)12(9-11)15-6-2/h7-10,15H,5-6H2,1-4H3,(H,16,17). The van der Waals surface area contributed by atoms with Crippen molar-refractivity contribution in [1.82, 2.24) is 0 Å². The predicted molar refractivity (Wildman–Crippen MR) is 76.6 cm³/mol. The summed E-state index contributed by atoms with van der Waals surface area (Å²) >= 11 is 0. The van der Waals surface area contributed by atoms with E-state index in [-0.39, 0.29) is 12.2 Å². The molecular weight excluding hydrogens is 244 g/mol. The van der Waals surface area contributed by atoms with E-state index in [0.717, 1.165) is 17.9 Å². The van der Waals surface area contributed by atoms with Crippen LogP contribution >= 0.6 is 0 Å². The van der Waals surface area contributed by atoms with Gasteiger partial charge >= 0.3 is 0 Å². The molecule has 2 N–H and O–H groups in total. The Morgan fingerprint density at radius 2 is 2.11 bits per heavy atom. The van der Waals surface area contributed by atoms with Crippen molar-refractivity contribution in [2.45, 2.75) is 33.5 Å². The summed E-state index contributed by atoms with van der Waals surface area (Å²) in [6.07, 6.45) is 0.128. The number of carbonyl (C=O) groups excluding carboxylic acids is 1. The highest BCUT2D eigenvalue weighted by Crippen LogP contribution is 2.29. The van der Waals surface area contributed by atoms with Gasteiger partial charge in [-0.3, -0.25) is 4.79 Å². The molecule has 0 radical (unpaired) electrons. The van der Waals surface area contributed by atoms with Crippen molar-refractivity contribution in [2.24, 2.45) is 0 Å². The first kappa shape index (κ1) is 15.3. The third-order valence-electron chi connectivity index (χ3n) is 2.58. The van der Waals surface area contributed by atoms with Crippen molar-refractivity contribution in [1.29, 1.82) is 0 Å². The van der Waals surface area contributed by atoms with Gasteiger partial charge in [-0.05, 0) is 32.0 Å². The van der Waals surface area contributed by atoms with Gasteiger partial charge in [-0.1, -0.05) is 6.92 Å². The molecule has 19 heavy (non-hydrogen) atoms. The monoisotopic (exact) mass is 266 g/mol. The topological polar surface area (TPSA) is 59.6 Å². The Balaban J connectivity index is 2.90. The number of hydrogen-bond acceptors (Lipinski definition) is 4. The molecular formula is C14H22N2O3. The Morgan fingerprint density at radius 3 is 2.68 bits per heavy atom. The maximum Gasteiger partial charge on any atom is 0.224 e. The van der Waals surface area contributed by atoms with Gasteiger partial charge < -0.3 is 20.1 Å². The van der Waals surface area contributed by atoms with Gasteiger partial charge in [0.1, 0.15) is 5.75 Å². The molecule has 1 unspecified atom stereocenters. The number of rotatable bonds is 7. The van der Waals surface area contributed by atoms with Crippen LogP contribution < -0.4 is 15.4 Å².